The molecule has 0 bridgehead atoms. The van der Waals surface area contributed by atoms with Crippen LogP contribution in [-0.4, -0.2) is 40.5 Å². The number of ether oxygens (including phenoxy) is 1. The highest BCUT2D eigenvalue weighted by molar-refractivity contribution is 6.05. The van der Waals surface area contributed by atoms with E-state index in [0.717, 1.165) is 17.0 Å². The van der Waals surface area contributed by atoms with Crippen molar-refractivity contribution in [2.75, 3.05) is 24.4 Å². The first-order chi connectivity index (χ1) is 15.8. The van der Waals surface area contributed by atoms with Gasteiger partial charge in [0.2, 0.25) is 0 Å². The van der Waals surface area contributed by atoms with E-state index in [4.69, 9.17) is 0 Å². The molecule has 1 N–H and O–H groups in total. The third-order valence-corrected chi connectivity index (χ3v) is 4.91. The van der Waals surface area contributed by atoms with E-state index in [2.05, 4.69) is 20.0 Å². The molecule has 0 spiro atoms. The fraction of sp³-hybridized carbons (Fsp3) is 0.0909. The Morgan fingerprint density at radius 3 is 2.48 bits per heavy atom. The summed E-state index contributed by atoms with van der Waals surface area (Å²) in [4.78, 5) is 33.6. The molecule has 3 heterocycles. The summed E-state index contributed by atoms with van der Waals surface area (Å²) in [5, 5.41) is 2.44. The lowest BCUT2D eigenvalue weighted by atomic mass is 10.2. The maximum absolute atomic E-state index is 14.1. The molecule has 2 amide bonds. The fourth-order valence-electron chi connectivity index (χ4n) is 3.17. The quantitative estimate of drug-likeness (QED) is 0.465. The number of carbonyl (C=O) groups excluding carboxylic acids is 2. The Morgan fingerprint density at radius 2 is 1.79 bits per heavy atom. The number of fused-ring (bicyclic) bond motifs is 1. The molecular weight excluding hydrogens is 439 g/mol. The average Bonchev–Trinajstić information content (AvgIpc) is 3.25. The Balaban J connectivity index is 1.66. The molecule has 0 saturated heterocycles. The van der Waals surface area contributed by atoms with Gasteiger partial charge in [0, 0.05) is 25.0 Å². The summed E-state index contributed by atoms with van der Waals surface area (Å²) in [6.45, 7) is 0. The summed E-state index contributed by atoms with van der Waals surface area (Å²) in [5.74, 6) is -4.82. The molecule has 33 heavy (non-hydrogen) atoms. The first kappa shape index (κ1) is 21.8. The molecule has 1 aromatic carbocycles. The number of aromatic nitrogens is 3. The van der Waals surface area contributed by atoms with Crippen molar-refractivity contribution in [1.29, 1.82) is 0 Å². The minimum absolute atomic E-state index is 0.158. The van der Waals surface area contributed by atoms with Crippen LogP contribution < -0.4 is 10.2 Å². The first-order valence-corrected chi connectivity index (χ1v) is 9.50. The van der Waals surface area contributed by atoms with Crippen molar-refractivity contribution in [2.45, 2.75) is 0 Å². The highest BCUT2D eigenvalue weighted by atomic mass is 19.2. The van der Waals surface area contributed by atoms with Crippen LogP contribution in [0.15, 0.2) is 55.0 Å². The van der Waals surface area contributed by atoms with Gasteiger partial charge in [0.05, 0.1) is 30.3 Å². The number of rotatable bonds is 4. The van der Waals surface area contributed by atoms with Crippen LogP contribution in [0.1, 0.15) is 10.4 Å². The lowest BCUT2D eigenvalue weighted by molar-refractivity contribution is 0.0991. The smallest absolute Gasteiger partial charge is 0.412 e. The standard InChI is InChI=1S/C22H16F3N5O3/c1-29(15-6-5-14(23)19(24)20(15)25)21(31)13-4-8-18-27-10-16(30(18)11-13)12-3-7-17(26-9-12)28-22(32)33-2/h3-11H,1-2H3,(H,26,28,32). The maximum Gasteiger partial charge on any atom is 0.412 e. The van der Waals surface area contributed by atoms with Gasteiger partial charge in [-0.3, -0.25) is 14.5 Å². The number of methoxy groups -OCH3 is 1. The van der Waals surface area contributed by atoms with Gasteiger partial charge >= 0.3 is 6.09 Å². The Bertz CT molecular complexity index is 1370. The van der Waals surface area contributed by atoms with Gasteiger partial charge in [0.15, 0.2) is 17.5 Å². The number of hydrogen-bond acceptors (Lipinski definition) is 5. The van der Waals surface area contributed by atoms with Gasteiger partial charge in [0.25, 0.3) is 5.91 Å². The van der Waals surface area contributed by atoms with Crippen LogP contribution in [0.4, 0.5) is 29.5 Å². The Hall–Kier alpha value is -4.41. The highest BCUT2D eigenvalue weighted by Crippen LogP contribution is 2.25. The average molecular weight is 455 g/mol. The molecule has 0 saturated carbocycles. The number of halogens is 3. The zero-order valence-electron chi connectivity index (χ0n) is 17.3. The minimum Gasteiger partial charge on any atom is -0.453 e. The molecule has 0 aliphatic rings. The predicted octanol–water partition coefficient (Wildman–Crippen LogP) is 4.27. The molecule has 11 heteroatoms. The second kappa shape index (κ2) is 8.61. The zero-order valence-corrected chi connectivity index (χ0v) is 17.3. The number of amides is 2. The number of benzene rings is 1. The monoisotopic (exact) mass is 455 g/mol. The van der Waals surface area contributed by atoms with Crippen LogP contribution in [0.5, 0.6) is 0 Å². The number of nitrogens with zero attached hydrogens (tertiary/aromatic N) is 4. The van der Waals surface area contributed by atoms with Crippen molar-refractivity contribution in [3.63, 3.8) is 0 Å². The summed E-state index contributed by atoms with van der Waals surface area (Å²) >= 11 is 0. The van der Waals surface area contributed by atoms with Crippen molar-refractivity contribution in [3.8, 4) is 11.3 Å². The van der Waals surface area contributed by atoms with Gasteiger partial charge in [-0.15, -0.1) is 0 Å². The molecule has 4 aromatic rings. The number of hydrogen-bond donors (Lipinski definition) is 1. The Morgan fingerprint density at radius 1 is 1.00 bits per heavy atom. The van der Waals surface area contributed by atoms with Crippen molar-refractivity contribution >= 4 is 29.2 Å². The maximum atomic E-state index is 14.1. The van der Waals surface area contributed by atoms with Gasteiger partial charge < -0.3 is 9.64 Å². The van der Waals surface area contributed by atoms with E-state index in [1.54, 1.807) is 28.8 Å². The molecule has 8 nitrogen and oxygen atoms in total. The lowest BCUT2D eigenvalue weighted by Crippen LogP contribution is -2.27. The van der Waals surface area contributed by atoms with E-state index >= 15 is 0 Å². The summed E-state index contributed by atoms with van der Waals surface area (Å²) in [5.41, 5.74) is 1.52. The van der Waals surface area contributed by atoms with Crippen LogP contribution in [0.3, 0.4) is 0 Å². The molecule has 0 aliphatic carbocycles. The summed E-state index contributed by atoms with van der Waals surface area (Å²) in [6.07, 6.45) is 3.92. The summed E-state index contributed by atoms with van der Waals surface area (Å²) < 4.78 is 47.1. The molecule has 0 fully saturated rings. The molecular formula is C22H16F3N5O3. The predicted molar refractivity (Wildman–Crippen MR) is 114 cm³/mol. The summed E-state index contributed by atoms with van der Waals surface area (Å²) in [6, 6.07) is 8.08. The van der Waals surface area contributed by atoms with Crippen molar-refractivity contribution in [3.05, 3.63) is 78.0 Å². The zero-order chi connectivity index (χ0) is 23.7. The van der Waals surface area contributed by atoms with Gasteiger partial charge in [-0.2, -0.15) is 0 Å². The van der Waals surface area contributed by atoms with Gasteiger partial charge in [-0.05, 0) is 36.4 Å². The van der Waals surface area contributed by atoms with E-state index in [0.29, 0.717) is 16.9 Å². The number of imidazole rings is 1. The molecule has 0 radical (unpaired) electrons. The van der Waals surface area contributed by atoms with Gasteiger partial charge in [0.1, 0.15) is 11.5 Å². The second-order valence-corrected chi connectivity index (χ2v) is 6.90. The minimum atomic E-state index is -1.66. The lowest BCUT2D eigenvalue weighted by Gasteiger charge is -2.18. The molecule has 4 rings (SSSR count). The summed E-state index contributed by atoms with van der Waals surface area (Å²) in [7, 11) is 2.49. The largest absolute Gasteiger partial charge is 0.453 e. The van der Waals surface area contributed by atoms with E-state index in [9.17, 15) is 22.8 Å². The fourth-order valence-corrected chi connectivity index (χ4v) is 3.17. The van der Waals surface area contributed by atoms with E-state index < -0.39 is 35.1 Å². The normalized spacial score (nSPS) is 10.8. The van der Waals surface area contributed by atoms with Crippen LogP contribution in [0.25, 0.3) is 16.9 Å². The highest BCUT2D eigenvalue weighted by Gasteiger charge is 2.22. The van der Waals surface area contributed by atoms with Crippen LogP contribution in [0, 0.1) is 17.5 Å². The van der Waals surface area contributed by atoms with Gasteiger partial charge in [-0.25, -0.2) is 27.9 Å². The van der Waals surface area contributed by atoms with Crippen molar-refractivity contribution < 1.29 is 27.5 Å². The molecule has 168 valence electrons. The Kier molecular flexibility index (Phi) is 5.69. The van der Waals surface area contributed by atoms with Crippen LogP contribution in [0.2, 0.25) is 0 Å². The Labute approximate surface area is 185 Å². The van der Waals surface area contributed by atoms with E-state index in [-0.39, 0.29) is 11.4 Å². The van der Waals surface area contributed by atoms with Crippen LogP contribution in [-0.2, 0) is 4.74 Å². The molecule has 3 aromatic heterocycles. The van der Waals surface area contributed by atoms with Crippen molar-refractivity contribution in [1.82, 2.24) is 14.4 Å². The van der Waals surface area contributed by atoms with E-state index in [1.165, 1.54) is 32.6 Å². The third kappa shape index (κ3) is 4.07. The molecule has 0 unspecified atom stereocenters. The third-order valence-electron chi connectivity index (χ3n) is 4.91. The number of anilines is 2. The SMILES string of the molecule is COC(=O)Nc1ccc(-c2cnc3ccc(C(=O)N(C)c4ccc(F)c(F)c4F)cn23)cn1. The number of nitrogens with one attached hydrogen (secondary N) is 1. The van der Waals surface area contributed by atoms with Crippen molar-refractivity contribution in [2.24, 2.45) is 0 Å². The first-order valence-electron chi connectivity index (χ1n) is 9.50. The molecule has 0 aliphatic heterocycles. The molecule has 0 atom stereocenters. The van der Waals surface area contributed by atoms with Crippen LogP contribution >= 0.6 is 0 Å². The van der Waals surface area contributed by atoms with Gasteiger partial charge in [-0.1, -0.05) is 0 Å². The number of pyridine rings is 2. The topological polar surface area (TPSA) is 88.8 Å². The second-order valence-electron chi connectivity index (χ2n) is 6.90. The van der Waals surface area contributed by atoms with E-state index in [1.807, 2.05) is 0 Å². The number of carbonyl (C=O) groups is 2.